The maximum atomic E-state index is 13.1. The van der Waals surface area contributed by atoms with Crippen LogP contribution in [0.5, 0.6) is 0 Å². The molecular weight excluding hydrogens is 494 g/mol. The molecule has 3 aromatic rings. The summed E-state index contributed by atoms with van der Waals surface area (Å²) in [4.78, 5) is 26.0. The van der Waals surface area contributed by atoms with Crippen LogP contribution in [0.25, 0.3) is 0 Å². The Bertz CT molecular complexity index is 1170. The monoisotopic (exact) mass is 533 g/mol. The lowest BCUT2D eigenvalue weighted by Crippen LogP contribution is -2.52. The minimum Gasteiger partial charge on any atom is -0.391 e. The number of rotatable bonds is 12. The van der Waals surface area contributed by atoms with E-state index < -0.39 is 18.2 Å². The van der Waals surface area contributed by atoms with Gasteiger partial charge < -0.3 is 21.5 Å². The van der Waals surface area contributed by atoms with Crippen molar-refractivity contribution in [3.8, 4) is 0 Å². The second-order valence-electron chi connectivity index (χ2n) is 10.5. The van der Waals surface area contributed by atoms with Crippen LogP contribution in [0.1, 0.15) is 47.8 Å². The summed E-state index contributed by atoms with van der Waals surface area (Å²) in [5.74, 6) is 0.737. The average molecular weight is 534 g/mol. The third-order valence-electron chi connectivity index (χ3n) is 6.02. The standard InChI is InChI=1S/C31H39N3O3S/c1-31(2,3)34-29(36)25-17-11-10-16-24(25)19-28(35)27(18-22-12-6-4-7-13-22)33-30(37)26(32)21-38-20-23-14-8-5-9-15-23/h4-17,26-28,35H,18-21,32H2,1-3H3,(H,33,37)(H,34,36)/t26-,27+,28-/m1/s1. The van der Waals surface area contributed by atoms with Gasteiger partial charge in [0.05, 0.1) is 18.2 Å². The highest BCUT2D eigenvalue weighted by atomic mass is 32.2. The Morgan fingerprint density at radius 2 is 1.45 bits per heavy atom. The number of amides is 2. The van der Waals surface area contributed by atoms with Gasteiger partial charge in [0.25, 0.3) is 5.91 Å². The van der Waals surface area contributed by atoms with E-state index in [9.17, 15) is 14.7 Å². The predicted molar refractivity (Wildman–Crippen MR) is 156 cm³/mol. The summed E-state index contributed by atoms with van der Waals surface area (Å²) in [6.07, 6.45) is -0.274. The zero-order chi connectivity index (χ0) is 27.5. The van der Waals surface area contributed by atoms with E-state index in [0.29, 0.717) is 17.7 Å². The first kappa shape index (κ1) is 29.4. The van der Waals surface area contributed by atoms with Crippen molar-refractivity contribution >= 4 is 23.6 Å². The Hall–Kier alpha value is -3.13. The largest absolute Gasteiger partial charge is 0.391 e. The number of aliphatic hydroxyl groups excluding tert-OH is 1. The minimum absolute atomic E-state index is 0.193. The highest BCUT2D eigenvalue weighted by Gasteiger charge is 2.26. The highest BCUT2D eigenvalue weighted by Crippen LogP contribution is 2.17. The second-order valence-corrected chi connectivity index (χ2v) is 11.6. The molecule has 0 aromatic heterocycles. The summed E-state index contributed by atoms with van der Waals surface area (Å²) < 4.78 is 0. The first-order valence-corrected chi connectivity index (χ1v) is 14.1. The molecule has 3 rings (SSSR count). The van der Waals surface area contributed by atoms with Crippen LogP contribution in [-0.4, -0.2) is 46.4 Å². The Labute approximate surface area is 230 Å². The molecule has 0 saturated heterocycles. The van der Waals surface area contributed by atoms with E-state index >= 15 is 0 Å². The van der Waals surface area contributed by atoms with E-state index in [4.69, 9.17) is 5.73 Å². The molecule has 5 N–H and O–H groups in total. The van der Waals surface area contributed by atoms with Gasteiger partial charge >= 0.3 is 0 Å². The zero-order valence-electron chi connectivity index (χ0n) is 22.4. The van der Waals surface area contributed by atoms with Crippen LogP contribution < -0.4 is 16.4 Å². The Kier molecular flexibility index (Phi) is 11.0. The maximum Gasteiger partial charge on any atom is 0.251 e. The Morgan fingerprint density at radius 1 is 0.868 bits per heavy atom. The van der Waals surface area contributed by atoms with E-state index in [1.165, 1.54) is 5.56 Å². The smallest absolute Gasteiger partial charge is 0.251 e. The van der Waals surface area contributed by atoms with Gasteiger partial charge in [-0.15, -0.1) is 0 Å². The molecule has 6 nitrogen and oxygen atoms in total. The predicted octanol–water partition coefficient (Wildman–Crippen LogP) is 4.11. The Balaban J connectivity index is 1.69. The molecule has 0 heterocycles. The van der Waals surface area contributed by atoms with Crippen LogP contribution in [0.4, 0.5) is 0 Å². The lowest BCUT2D eigenvalue weighted by molar-refractivity contribution is -0.123. The molecule has 38 heavy (non-hydrogen) atoms. The number of benzene rings is 3. The van der Waals surface area contributed by atoms with Crippen LogP contribution in [0.2, 0.25) is 0 Å². The van der Waals surface area contributed by atoms with Crippen LogP contribution in [0.15, 0.2) is 84.9 Å². The molecule has 2 amide bonds. The summed E-state index contributed by atoms with van der Waals surface area (Å²) in [5.41, 5.74) is 9.24. The van der Waals surface area contributed by atoms with Crippen LogP contribution >= 0.6 is 11.8 Å². The number of thioether (sulfide) groups is 1. The molecule has 0 spiro atoms. The van der Waals surface area contributed by atoms with Gasteiger partial charge in [0.1, 0.15) is 0 Å². The molecule has 202 valence electrons. The van der Waals surface area contributed by atoms with Crippen LogP contribution in [-0.2, 0) is 23.4 Å². The molecular formula is C31H39N3O3S. The van der Waals surface area contributed by atoms with Gasteiger partial charge in [0.15, 0.2) is 0 Å². The number of hydrogen-bond acceptors (Lipinski definition) is 5. The van der Waals surface area contributed by atoms with Gasteiger partial charge in [-0.1, -0.05) is 78.9 Å². The normalized spacial score (nSPS) is 13.8. The average Bonchev–Trinajstić information content (AvgIpc) is 2.88. The van der Waals surface area contributed by atoms with Crippen molar-refractivity contribution in [1.82, 2.24) is 10.6 Å². The number of hydrogen-bond donors (Lipinski definition) is 4. The van der Waals surface area contributed by atoms with E-state index in [2.05, 4.69) is 10.6 Å². The van der Waals surface area contributed by atoms with E-state index in [1.54, 1.807) is 17.8 Å². The molecule has 0 radical (unpaired) electrons. The summed E-state index contributed by atoms with van der Waals surface area (Å²) >= 11 is 1.60. The topological polar surface area (TPSA) is 104 Å². The van der Waals surface area contributed by atoms with Crippen LogP contribution in [0, 0.1) is 0 Å². The molecule has 0 saturated carbocycles. The molecule has 7 heteroatoms. The minimum atomic E-state index is -0.924. The fourth-order valence-electron chi connectivity index (χ4n) is 4.09. The molecule has 0 aliphatic heterocycles. The van der Waals surface area contributed by atoms with Gasteiger partial charge in [-0.05, 0) is 49.9 Å². The third kappa shape index (κ3) is 9.63. The van der Waals surface area contributed by atoms with Crippen molar-refractivity contribution in [1.29, 1.82) is 0 Å². The molecule has 3 aromatic carbocycles. The fourth-order valence-corrected chi connectivity index (χ4v) is 5.04. The van der Waals surface area contributed by atoms with E-state index in [1.807, 2.05) is 99.6 Å². The van der Waals surface area contributed by atoms with Crippen molar-refractivity contribution < 1.29 is 14.7 Å². The summed E-state index contributed by atoms with van der Waals surface area (Å²) in [6.45, 7) is 5.78. The van der Waals surface area contributed by atoms with Crippen molar-refractivity contribution in [3.05, 3.63) is 107 Å². The number of nitrogens with one attached hydrogen (secondary N) is 2. The van der Waals surface area contributed by atoms with Gasteiger partial charge in [-0.2, -0.15) is 11.8 Å². The lowest BCUT2D eigenvalue weighted by atomic mass is 9.93. The van der Waals surface area contributed by atoms with Crippen molar-refractivity contribution in [2.24, 2.45) is 5.73 Å². The molecule has 0 aliphatic rings. The fraction of sp³-hybridized carbons (Fsp3) is 0.355. The first-order chi connectivity index (χ1) is 18.1. The van der Waals surface area contributed by atoms with Gasteiger partial charge in [-0.25, -0.2) is 0 Å². The van der Waals surface area contributed by atoms with Crippen molar-refractivity contribution in [2.45, 2.75) is 63.1 Å². The summed E-state index contributed by atoms with van der Waals surface area (Å²) in [6, 6.07) is 25.7. The second kappa shape index (κ2) is 14.1. The number of carbonyl (C=O) groups is 2. The number of carbonyl (C=O) groups excluding carboxylic acids is 2. The van der Waals surface area contributed by atoms with Crippen molar-refractivity contribution in [2.75, 3.05) is 5.75 Å². The summed E-state index contributed by atoms with van der Waals surface area (Å²) in [7, 11) is 0. The first-order valence-electron chi connectivity index (χ1n) is 12.9. The van der Waals surface area contributed by atoms with Gasteiger partial charge in [0.2, 0.25) is 5.91 Å². The zero-order valence-corrected chi connectivity index (χ0v) is 23.2. The third-order valence-corrected chi connectivity index (χ3v) is 7.15. The molecule has 0 aliphatic carbocycles. The number of nitrogens with two attached hydrogens (primary N) is 1. The quantitative estimate of drug-likeness (QED) is 0.281. The maximum absolute atomic E-state index is 13.1. The SMILES string of the molecule is CC(C)(C)NC(=O)c1ccccc1C[C@@H](O)[C@H](Cc1ccccc1)NC(=O)[C@H](N)CSCc1ccccc1. The van der Waals surface area contributed by atoms with Gasteiger partial charge in [-0.3, -0.25) is 9.59 Å². The summed E-state index contributed by atoms with van der Waals surface area (Å²) in [5, 5.41) is 17.3. The number of aliphatic hydroxyl groups is 1. The molecule has 0 fully saturated rings. The molecule has 0 unspecified atom stereocenters. The van der Waals surface area contributed by atoms with Crippen molar-refractivity contribution in [3.63, 3.8) is 0 Å². The van der Waals surface area contributed by atoms with E-state index in [-0.39, 0.29) is 23.8 Å². The molecule has 3 atom stereocenters. The highest BCUT2D eigenvalue weighted by molar-refractivity contribution is 7.98. The van der Waals surface area contributed by atoms with E-state index in [0.717, 1.165) is 16.9 Å². The Morgan fingerprint density at radius 3 is 2.08 bits per heavy atom. The van der Waals surface area contributed by atoms with Gasteiger partial charge in [0, 0.05) is 29.0 Å². The van der Waals surface area contributed by atoms with Crippen LogP contribution in [0.3, 0.4) is 0 Å². The lowest BCUT2D eigenvalue weighted by Gasteiger charge is -2.27. The molecule has 0 bridgehead atoms.